The van der Waals surface area contributed by atoms with Crippen molar-refractivity contribution in [2.75, 3.05) is 51.3 Å². The number of unbranched alkanes of at least 4 members (excludes halogenated alkanes) is 1. The van der Waals surface area contributed by atoms with Crippen LogP contribution in [0.5, 0.6) is 5.75 Å². The van der Waals surface area contributed by atoms with Gasteiger partial charge in [-0.2, -0.15) is 0 Å². The van der Waals surface area contributed by atoms with Crippen LogP contribution in [0, 0.1) is 0 Å². The SMILES string of the molecule is CN(CCO)CC(O)CCCCOc1ccc(C(=O)N2CCC(N3C(=O)CCc4ccccc43)CC2)cc1.c1cc2ccc1-2. The first kappa shape index (κ1) is 31.7. The summed E-state index contributed by atoms with van der Waals surface area (Å²) in [7, 11) is 1.88. The van der Waals surface area contributed by atoms with Gasteiger partial charge in [0.1, 0.15) is 5.75 Å². The van der Waals surface area contributed by atoms with Crippen LogP contribution in [-0.4, -0.2) is 90.4 Å². The van der Waals surface area contributed by atoms with Crippen LogP contribution in [0.3, 0.4) is 0 Å². The molecular weight excluding hydrogens is 554 g/mol. The van der Waals surface area contributed by atoms with Gasteiger partial charge < -0.3 is 29.6 Å². The van der Waals surface area contributed by atoms with E-state index < -0.39 is 6.10 Å². The highest BCUT2D eigenvalue weighted by atomic mass is 16.5. The summed E-state index contributed by atoms with van der Waals surface area (Å²) in [6, 6.07) is 24.1. The minimum absolute atomic E-state index is 0.0144. The molecule has 8 heteroatoms. The minimum Gasteiger partial charge on any atom is -0.494 e. The van der Waals surface area contributed by atoms with Crippen molar-refractivity contribution in [3.05, 3.63) is 83.9 Å². The Hall–Kier alpha value is -3.72. The van der Waals surface area contributed by atoms with E-state index in [1.807, 2.05) is 64.2 Å². The Kier molecular flexibility index (Phi) is 11.0. The Labute approximate surface area is 260 Å². The van der Waals surface area contributed by atoms with Crippen LogP contribution in [-0.2, 0) is 11.2 Å². The number of likely N-dealkylation sites (tertiary alicyclic amines) is 1. The molecule has 2 aromatic carbocycles. The normalized spacial score (nSPS) is 16.2. The number of amides is 2. The molecule has 1 fully saturated rings. The second kappa shape index (κ2) is 15.3. The lowest BCUT2D eigenvalue weighted by Crippen LogP contribution is -2.50. The van der Waals surface area contributed by atoms with Crippen LogP contribution < -0.4 is 9.64 Å². The Balaban J connectivity index is 0.000000561. The minimum atomic E-state index is -0.405. The van der Waals surface area contributed by atoms with Crippen molar-refractivity contribution in [1.29, 1.82) is 0 Å². The Morgan fingerprint density at radius 2 is 1.64 bits per heavy atom. The van der Waals surface area contributed by atoms with E-state index >= 15 is 0 Å². The maximum Gasteiger partial charge on any atom is 0.253 e. The molecule has 6 rings (SSSR count). The largest absolute Gasteiger partial charge is 0.494 e. The smallest absolute Gasteiger partial charge is 0.253 e. The first-order valence-electron chi connectivity index (χ1n) is 15.9. The van der Waals surface area contributed by atoms with Gasteiger partial charge >= 0.3 is 0 Å². The molecular formula is C36H45N3O5. The number of carbonyl (C=O) groups is 2. The molecule has 0 saturated carbocycles. The second-order valence-corrected chi connectivity index (χ2v) is 12.0. The summed E-state index contributed by atoms with van der Waals surface area (Å²) in [5.74, 6) is 0.928. The first-order valence-corrected chi connectivity index (χ1v) is 15.9. The predicted molar refractivity (Wildman–Crippen MR) is 173 cm³/mol. The van der Waals surface area contributed by atoms with E-state index in [9.17, 15) is 14.7 Å². The quantitative estimate of drug-likeness (QED) is 0.228. The zero-order chi connectivity index (χ0) is 30.9. The predicted octanol–water partition coefficient (Wildman–Crippen LogP) is 4.77. The Bertz CT molecular complexity index is 1350. The van der Waals surface area contributed by atoms with E-state index in [4.69, 9.17) is 9.84 Å². The van der Waals surface area contributed by atoms with Crippen molar-refractivity contribution < 1.29 is 24.5 Å². The van der Waals surface area contributed by atoms with E-state index in [1.165, 1.54) is 16.7 Å². The van der Waals surface area contributed by atoms with Crippen LogP contribution in [0.25, 0.3) is 11.1 Å². The van der Waals surface area contributed by atoms with Crippen LogP contribution in [0.4, 0.5) is 5.69 Å². The summed E-state index contributed by atoms with van der Waals surface area (Å²) >= 11 is 0. The molecule has 44 heavy (non-hydrogen) atoms. The van der Waals surface area contributed by atoms with Crippen molar-refractivity contribution in [3.8, 4) is 16.9 Å². The van der Waals surface area contributed by atoms with E-state index in [0.29, 0.717) is 51.2 Å². The van der Waals surface area contributed by atoms with Crippen molar-refractivity contribution in [1.82, 2.24) is 9.80 Å². The number of hydrogen-bond acceptors (Lipinski definition) is 6. The lowest BCUT2D eigenvalue weighted by molar-refractivity contribution is -0.119. The number of fused-ring (bicyclic) bond motifs is 2. The zero-order valence-electron chi connectivity index (χ0n) is 25.7. The molecule has 2 aliphatic carbocycles. The van der Waals surface area contributed by atoms with Crippen LogP contribution >= 0.6 is 0 Å². The number of aliphatic hydroxyl groups excluding tert-OH is 2. The van der Waals surface area contributed by atoms with E-state index in [1.54, 1.807) is 0 Å². The average Bonchev–Trinajstić information content (AvgIpc) is 3.03. The molecule has 234 valence electrons. The number of piperidine rings is 1. The summed E-state index contributed by atoms with van der Waals surface area (Å²) in [4.78, 5) is 31.6. The summed E-state index contributed by atoms with van der Waals surface area (Å²) < 4.78 is 5.82. The van der Waals surface area contributed by atoms with Gasteiger partial charge in [0.15, 0.2) is 0 Å². The maximum absolute atomic E-state index is 13.1. The zero-order valence-corrected chi connectivity index (χ0v) is 25.7. The fraction of sp³-hybridized carbons (Fsp3) is 0.444. The molecule has 0 radical (unpaired) electrons. The molecule has 2 heterocycles. The van der Waals surface area contributed by atoms with Crippen LogP contribution in [0.1, 0.15) is 54.4 Å². The van der Waals surface area contributed by atoms with Gasteiger partial charge in [0.05, 0.1) is 19.3 Å². The molecule has 2 amide bonds. The van der Waals surface area contributed by atoms with E-state index in [2.05, 4.69) is 30.3 Å². The Morgan fingerprint density at radius 3 is 2.27 bits per heavy atom. The number of ether oxygens (including phenoxy) is 1. The van der Waals surface area contributed by atoms with E-state index in [0.717, 1.165) is 43.5 Å². The van der Waals surface area contributed by atoms with Gasteiger partial charge in [0.25, 0.3) is 5.91 Å². The van der Waals surface area contributed by atoms with Gasteiger partial charge in [-0.05, 0) is 92.6 Å². The highest BCUT2D eigenvalue weighted by Crippen LogP contribution is 2.33. The van der Waals surface area contributed by atoms with Crippen LogP contribution in [0.2, 0.25) is 0 Å². The van der Waals surface area contributed by atoms with Crippen molar-refractivity contribution >= 4 is 17.5 Å². The molecule has 2 aliphatic heterocycles. The fourth-order valence-corrected chi connectivity index (χ4v) is 6.11. The van der Waals surface area contributed by atoms with E-state index in [-0.39, 0.29) is 24.5 Å². The number of nitrogens with zero attached hydrogens (tertiary/aromatic N) is 3. The number of carbonyl (C=O) groups excluding carboxylic acids is 2. The number of anilines is 1. The topological polar surface area (TPSA) is 93.5 Å². The molecule has 0 bridgehead atoms. The molecule has 0 aromatic heterocycles. The maximum atomic E-state index is 13.1. The van der Waals surface area contributed by atoms with Gasteiger partial charge in [0.2, 0.25) is 5.91 Å². The van der Waals surface area contributed by atoms with Gasteiger partial charge in [0, 0.05) is 49.9 Å². The summed E-state index contributed by atoms with van der Waals surface area (Å²) in [6.07, 6.45) is 4.89. The summed E-state index contributed by atoms with van der Waals surface area (Å²) in [5.41, 5.74) is 5.76. The van der Waals surface area contributed by atoms with Crippen molar-refractivity contribution in [2.45, 2.75) is 57.1 Å². The first-order chi connectivity index (χ1) is 21.4. The van der Waals surface area contributed by atoms with Gasteiger partial charge in [-0.3, -0.25) is 9.59 Å². The van der Waals surface area contributed by atoms with Crippen molar-refractivity contribution in [2.24, 2.45) is 0 Å². The highest BCUT2D eigenvalue weighted by Gasteiger charge is 2.33. The number of aryl methyl sites for hydroxylation is 1. The number of aliphatic hydroxyl groups is 2. The molecule has 4 aliphatic rings. The highest BCUT2D eigenvalue weighted by molar-refractivity contribution is 5.97. The van der Waals surface area contributed by atoms with Gasteiger partial charge in [-0.1, -0.05) is 42.5 Å². The fourth-order valence-electron chi connectivity index (χ4n) is 6.11. The molecule has 2 aromatic rings. The number of hydrogen-bond donors (Lipinski definition) is 2. The average molecular weight is 600 g/mol. The summed E-state index contributed by atoms with van der Waals surface area (Å²) in [5, 5.41) is 19.0. The standard InChI is InChI=1S/C30H41N3O5.C6H4/c1-31(19-20-34)22-26(35)7-4-5-21-38-27-12-9-24(10-13-27)30(37)32-17-15-25(16-18-32)33-28-8-3-2-6-23(28)11-14-29(33)36;1-2-6-4-3-5(1)6/h2-3,6,8-10,12-13,25-26,34-35H,4-5,7,11,14-22H2,1H3;1-4H. The molecule has 1 saturated heterocycles. The lowest BCUT2D eigenvalue weighted by Gasteiger charge is -2.41. The molecule has 1 atom stereocenters. The third-order valence-electron chi connectivity index (χ3n) is 8.77. The number of para-hydroxylation sites is 1. The number of likely N-dealkylation sites (N-methyl/N-ethyl adjacent to an activating group) is 1. The van der Waals surface area contributed by atoms with Crippen LogP contribution in [0.15, 0.2) is 72.8 Å². The molecule has 2 N–H and O–H groups in total. The third kappa shape index (κ3) is 8.05. The molecule has 1 unspecified atom stereocenters. The monoisotopic (exact) mass is 599 g/mol. The molecule has 8 nitrogen and oxygen atoms in total. The van der Waals surface area contributed by atoms with Gasteiger partial charge in [-0.15, -0.1) is 0 Å². The second-order valence-electron chi connectivity index (χ2n) is 12.0. The Morgan fingerprint density at radius 1 is 0.955 bits per heavy atom. The third-order valence-corrected chi connectivity index (χ3v) is 8.77. The molecule has 0 spiro atoms. The number of rotatable bonds is 12. The van der Waals surface area contributed by atoms with Crippen molar-refractivity contribution in [3.63, 3.8) is 0 Å². The van der Waals surface area contributed by atoms with Gasteiger partial charge in [-0.25, -0.2) is 0 Å². The lowest BCUT2D eigenvalue weighted by atomic mass is 9.95. The summed E-state index contributed by atoms with van der Waals surface area (Å²) in [6.45, 7) is 3.03. The number of benzene rings is 3.